The van der Waals surface area contributed by atoms with Crippen molar-refractivity contribution >= 4 is 5.97 Å². The summed E-state index contributed by atoms with van der Waals surface area (Å²) >= 11 is 0. The Balaban J connectivity index is 1.78. The monoisotopic (exact) mass is 318 g/mol. The summed E-state index contributed by atoms with van der Waals surface area (Å²) in [5, 5.41) is 9.23. The van der Waals surface area contributed by atoms with Gasteiger partial charge in [0.1, 0.15) is 17.9 Å². The highest BCUT2D eigenvalue weighted by Crippen LogP contribution is 2.21. The van der Waals surface area contributed by atoms with Crippen LogP contribution in [0.5, 0.6) is 5.75 Å². The first-order valence-electron chi connectivity index (χ1n) is 7.80. The second-order valence-corrected chi connectivity index (χ2v) is 5.52. The zero-order valence-corrected chi connectivity index (χ0v) is 13.2. The molecule has 0 saturated heterocycles. The maximum absolute atomic E-state index is 11.3. The fourth-order valence-corrected chi connectivity index (χ4v) is 2.61. The van der Waals surface area contributed by atoms with Gasteiger partial charge in [-0.3, -0.25) is 0 Å². The van der Waals surface area contributed by atoms with Gasteiger partial charge in [-0.2, -0.15) is 0 Å². The minimum absolute atomic E-state index is 0.179. The average molecular weight is 318 g/mol. The van der Waals surface area contributed by atoms with Crippen LogP contribution in [-0.2, 0) is 13.0 Å². The summed E-state index contributed by atoms with van der Waals surface area (Å²) in [5.74, 6) is -0.595. The van der Waals surface area contributed by atoms with E-state index in [4.69, 9.17) is 4.74 Å². The summed E-state index contributed by atoms with van der Waals surface area (Å²) in [6.07, 6.45) is 0.820. The van der Waals surface area contributed by atoms with Crippen molar-refractivity contribution in [3.05, 3.63) is 101 Å². The normalized spacial score (nSPS) is 10.3. The number of carboxylic acids is 1. The van der Waals surface area contributed by atoms with Crippen LogP contribution in [0.1, 0.15) is 27.0 Å². The molecule has 0 aliphatic rings. The van der Waals surface area contributed by atoms with Gasteiger partial charge >= 0.3 is 5.97 Å². The van der Waals surface area contributed by atoms with E-state index in [1.54, 1.807) is 24.3 Å². The lowest BCUT2D eigenvalue weighted by Crippen LogP contribution is -2.05. The van der Waals surface area contributed by atoms with E-state index in [9.17, 15) is 9.90 Å². The predicted octanol–water partition coefficient (Wildman–Crippen LogP) is 4.55. The van der Waals surface area contributed by atoms with E-state index in [0.29, 0.717) is 12.4 Å². The van der Waals surface area contributed by atoms with Crippen molar-refractivity contribution in [2.24, 2.45) is 0 Å². The first-order chi connectivity index (χ1) is 11.7. The molecule has 0 fully saturated rings. The molecule has 3 aromatic rings. The lowest BCUT2D eigenvalue weighted by atomic mass is 10.0. The minimum Gasteiger partial charge on any atom is -0.488 e. The molecule has 3 rings (SSSR count). The zero-order valence-electron chi connectivity index (χ0n) is 13.2. The Morgan fingerprint density at radius 3 is 2.17 bits per heavy atom. The van der Waals surface area contributed by atoms with Gasteiger partial charge in [-0.1, -0.05) is 66.7 Å². The van der Waals surface area contributed by atoms with Crippen molar-refractivity contribution in [2.75, 3.05) is 0 Å². The first-order valence-corrected chi connectivity index (χ1v) is 7.80. The third-order valence-electron chi connectivity index (χ3n) is 3.86. The van der Waals surface area contributed by atoms with Crippen molar-refractivity contribution in [2.45, 2.75) is 13.0 Å². The van der Waals surface area contributed by atoms with Crippen LogP contribution < -0.4 is 4.74 Å². The van der Waals surface area contributed by atoms with Gasteiger partial charge in [-0.25, -0.2) is 4.79 Å². The second-order valence-electron chi connectivity index (χ2n) is 5.52. The molecule has 0 atom stereocenters. The van der Waals surface area contributed by atoms with E-state index in [1.165, 1.54) is 11.1 Å². The van der Waals surface area contributed by atoms with Crippen LogP contribution in [0, 0.1) is 0 Å². The number of hydrogen-bond acceptors (Lipinski definition) is 2. The maximum atomic E-state index is 11.3. The molecule has 0 bridgehead atoms. The summed E-state index contributed by atoms with van der Waals surface area (Å²) in [4.78, 5) is 11.3. The zero-order chi connectivity index (χ0) is 16.8. The Morgan fingerprint density at radius 2 is 1.42 bits per heavy atom. The van der Waals surface area contributed by atoms with Crippen LogP contribution in [0.2, 0.25) is 0 Å². The Hall–Kier alpha value is -3.07. The molecule has 120 valence electrons. The van der Waals surface area contributed by atoms with Crippen LogP contribution >= 0.6 is 0 Å². The summed E-state index contributed by atoms with van der Waals surface area (Å²) in [5.41, 5.74) is 3.65. The van der Waals surface area contributed by atoms with E-state index >= 15 is 0 Å². The molecule has 0 aliphatic carbocycles. The van der Waals surface area contributed by atoms with Crippen molar-refractivity contribution < 1.29 is 14.6 Å². The fourth-order valence-electron chi connectivity index (χ4n) is 2.61. The highest BCUT2D eigenvalue weighted by molar-refractivity contribution is 5.90. The molecule has 0 unspecified atom stereocenters. The highest BCUT2D eigenvalue weighted by atomic mass is 16.5. The van der Waals surface area contributed by atoms with Gasteiger partial charge in [-0.05, 0) is 35.2 Å². The molecule has 0 spiro atoms. The summed E-state index contributed by atoms with van der Waals surface area (Å²) < 4.78 is 5.78. The molecule has 3 aromatic carbocycles. The molecule has 0 amide bonds. The van der Waals surface area contributed by atoms with Crippen LogP contribution in [0.3, 0.4) is 0 Å². The molecule has 0 aliphatic heterocycles. The van der Waals surface area contributed by atoms with Crippen LogP contribution in [0.15, 0.2) is 78.9 Å². The first kappa shape index (κ1) is 15.8. The molecule has 3 nitrogen and oxygen atoms in total. The number of benzene rings is 3. The van der Waals surface area contributed by atoms with Gasteiger partial charge in [-0.15, -0.1) is 0 Å². The number of aromatic carboxylic acids is 1. The van der Waals surface area contributed by atoms with Gasteiger partial charge in [0.2, 0.25) is 0 Å². The number of hydrogen-bond donors (Lipinski definition) is 1. The lowest BCUT2D eigenvalue weighted by Gasteiger charge is -2.12. The summed E-state index contributed by atoms with van der Waals surface area (Å²) in [7, 11) is 0. The van der Waals surface area contributed by atoms with Crippen LogP contribution in [0.4, 0.5) is 0 Å². The average Bonchev–Trinajstić information content (AvgIpc) is 2.62. The third-order valence-corrected chi connectivity index (χ3v) is 3.86. The number of para-hydroxylation sites is 1. The molecular formula is C21H18O3. The van der Waals surface area contributed by atoms with Gasteiger partial charge in [0, 0.05) is 0 Å². The smallest absolute Gasteiger partial charge is 0.339 e. The van der Waals surface area contributed by atoms with E-state index in [1.807, 2.05) is 36.4 Å². The molecule has 0 aromatic heterocycles. The molecule has 0 radical (unpaired) electrons. The van der Waals surface area contributed by atoms with Gasteiger partial charge < -0.3 is 9.84 Å². The highest BCUT2D eigenvalue weighted by Gasteiger charge is 2.11. The van der Waals surface area contributed by atoms with Crippen molar-refractivity contribution in [3.8, 4) is 5.75 Å². The Labute approximate surface area is 141 Å². The number of ether oxygens (including phenoxy) is 1. The molecule has 24 heavy (non-hydrogen) atoms. The van der Waals surface area contributed by atoms with E-state index in [-0.39, 0.29) is 5.56 Å². The van der Waals surface area contributed by atoms with E-state index in [2.05, 4.69) is 18.2 Å². The van der Waals surface area contributed by atoms with Crippen molar-refractivity contribution in [1.82, 2.24) is 0 Å². The summed E-state index contributed by atoms with van der Waals surface area (Å²) in [6, 6.07) is 25.0. The Morgan fingerprint density at radius 1 is 0.792 bits per heavy atom. The number of carboxylic acid groups (broad SMARTS) is 1. The molecule has 3 heteroatoms. The van der Waals surface area contributed by atoms with Crippen LogP contribution in [-0.4, -0.2) is 11.1 Å². The van der Waals surface area contributed by atoms with Gasteiger partial charge in [0.15, 0.2) is 0 Å². The largest absolute Gasteiger partial charge is 0.488 e. The van der Waals surface area contributed by atoms with Crippen molar-refractivity contribution in [1.29, 1.82) is 0 Å². The SMILES string of the molecule is O=C(O)c1ccccc1OCc1ccccc1Cc1ccccc1. The third kappa shape index (κ3) is 3.82. The minimum atomic E-state index is -0.983. The molecule has 1 N–H and O–H groups in total. The standard InChI is InChI=1S/C21H18O3/c22-21(23)19-12-6-7-13-20(19)24-15-18-11-5-4-10-17(18)14-16-8-2-1-3-9-16/h1-13H,14-15H2,(H,22,23). The fraction of sp³-hybridized carbons (Fsp3) is 0.0952. The van der Waals surface area contributed by atoms with Gasteiger partial charge in [0.25, 0.3) is 0 Å². The van der Waals surface area contributed by atoms with Crippen molar-refractivity contribution in [3.63, 3.8) is 0 Å². The second kappa shape index (κ2) is 7.47. The van der Waals surface area contributed by atoms with Gasteiger partial charge in [0.05, 0.1) is 0 Å². The molecular weight excluding hydrogens is 300 g/mol. The Bertz CT molecular complexity index is 825. The quantitative estimate of drug-likeness (QED) is 0.725. The topological polar surface area (TPSA) is 46.5 Å². The molecule has 0 saturated carbocycles. The molecule has 0 heterocycles. The predicted molar refractivity (Wildman–Crippen MR) is 93.4 cm³/mol. The lowest BCUT2D eigenvalue weighted by molar-refractivity contribution is 0.0691. The van der Waals surface area contributed by atoms with E-state index < -0.39 is 5.97 Å². The maximum Gasteiger partial charge on any atom is 0.339 e. The number of rotatable bonds is 6. The number of carbonyl (C=O) groups is 1. The van der Waals surface area contributed by atoms with E-state index in [0.717, 1.165) is 12.0 Å². The summed E-state index contributed by atoms with van der Waals surface area (Å²) in [6.45, 7) is 0.341. The Kier molecular flexibility index (Phi) is 4.92. The van der Waals surface area contributed by atoms with Crippen LogP contribution in [0.25, 0.3) is 0 Å².